The van der Waals surface area contributed by atoms with Crippen LogP contribution in [0.1, 0.15) is 24.6 Å². The Balaban J connectivity index is 1.55. The second kappa shape index (κ2) is 7.07. The highest BCUT2D eigenvalue weighted by Crippen LogP contribution is 2.19. The van der Waals surface area contributed by atoms with Crippen molar-refractivity contribution in [1.29, 1.82) is 0 Å². The average molecular weight is 298 g/mol. The summed E-state index contributed by atoms with van der Waals surface area (Å²) >= 11 is 0. The first-order valence-electron chi connectivity index (χ1n) is 8.17. The summed E-state index contributed by atoms with van der Waals surface area (Å²) in [5.41, 5.74) is 2.65. The average Bonchev–Trinajstić information content (AvgIpc) is 2.91. The molecule has 0 saturated carbocycles. The van der Waals surface area contributed by atoms with Crippen molar-refractivity contribution in [2.24, 2.45) is 13.0 Å². The lowest BCUT2D eigenvalue weighted by Gasteiger charge is -2.37. The molecule has 1 aliphatic rings. The van der Waals surface area contributed by atoms with Gasteiger partial charge in [0.2, 0.25) is 0 Å². The van der Waals surface area contributed by atoms with E-state index in [-0.39, 0.29) is 0 Å². The third-order valence-electron chi connectivity index (χ3n) is 4.48. The van der Waals surface area contributed by atoms with E-state index in [0.717, 1.165) is 25.6 Å². The van der Waals surface area contributed by atoms with E-state index in [1.807, 2.05) is 17.9 Å². The first kappa shape index (κ1) is 15.3. The Labute approximate surface area is 133 Å². The Morgan fingerprint density at radius 2 is 2.00 bits per heavy atom. The van der Waals surface area contributed by atoms with Crippen LogP contribution >= 0.6 is 0 Å². The van der Waals surface area contributed by atoms with Gasteiger partial charge in [0.1, 0.15) is 0 Å². The van der Waals surface area contributed by atoms with Crippen LogP contribution in [0.25, 0.3) is 0 Å². The van der Waals surface area contributed by atoms with Crippen LogP contribution < -0.4 is 5.32 Å². The molecule has 2 atom stereocenters. The maximum Gasteiger partial charge on any atom is 0.0518 e. The Kier molecular flexibility index (Phi) is 4.90. The van der Waals surface area contributed by atoms with E-state index in [9.17, 15) is 0 Å². The normalized spacial score (nSPS) is 22.8. The molecule has 0 amide bonds. The van der Waals surface area contributed by atoms with Crippen LogP contribution in [0.15, 0.2) is 42.6 Å². The number of aryl methyl sites for hydroxylation is 1. The molecular weight excluding hydrogens is 272 g/mol. The van der Waals surface area contributed by atoms with E-state index in [1.165, 1.54) is 24.2 Å². The molecule has 1 N–H and O–H groups in total. The zero-order chi connectivity index (χ0) is 15.4. The number of rotatable bonds is 5. The Morgan fingerprint density at radius 1 is 1.18 bits per heavy atom. The lowest BCUT2D eigenvalue weighted by Crippen LogP contribution is -2.48. The van der Waals surface area contributed by atoms with Gasteiger partial charge < -0.3 is 5.32 Å². The molecule has 2 aromatic rings. The van der Waals surface area contributed by atoms with E-state index in [0.29, 0.717) is 6.04 Å². The fraction of sp³-hybridized carbons (Fsp3) is 0.500. The fourth-order valence-corrected chi connectivity index (χ4v) is 3.40. The molecule has 0 spiro atoms. The van der Waals surface area contributed by atoms with Crippen LogP contribution in [0, 0.1) is 5.92 Å². The Hall–Kier alpha value is -1.65. The molecule has 0 bridgehead atoms. The van der Waals surface area contributed by atoms with Crippen LogP contribution in [0.3, 0.4) is 0 Å². The van der Waals surface area contributed by atoms with Gasteiger partial charge >= 0.3 is 0 Å². The zero-order valence-corrected chi connectivity index (χ0v) is 13.6. The SMILES string of the molecule is C[C@@H]1C[C@H](NCc2ccnn2C)CN(Cc2ccccc2)C1. The van der Waals surface area contributed by atoms with Crippen LogP contribution in [-0.2, 0) is 20.1 Å². The van der Waals surface area contributed by atoms with E-state index < -0.39 is 0 Å². The second-order valence-electron chi connectivity index (χ2n) is 6.54. The van der Waals surface area contributed by atoms with Gasteiger partial charge in [0.15, 0.2) is 0 Å². The van der Waals surface area contributed by atoms with Gasteiger partial charge in [0.05, 0.1) is 5.69 Å². The number of nitrogens with zero attached hydrogens (tertiary/aromatic N) is 3. The molecule has 22 heavy (non-hydrogen) atoms. The van der Waals surface area contributed by atoms with Crippen LogP contribution in [0.2, 0.25) is 0 Å². The van der Waals surface area contributed by atoms with Crippen molar-refractivity contribution in [3.8, 4) is 0 Å². The zero-order valence-electron chi connectivity index (χ0n) is 13.6. The summed E-state index contributed by atoms with van der Waals surface area (Å²) in [6.07, 6.45) is 3.12. The summed E-state index contributed by atoms with van der Waals surface area (Å²) in [5.74, 6) is 0.737. The highest BCUT2D eigenvalue weighted by Gasteiger charge is 2.24. The van der Waals surface area contributed by atoms with Crippen molar-refractivity contribution >= 4 is 0 Å². The second-order valence-corrected chi connectivity index (χ2v) is 6.54. The predicted octanol–water partition coefficient (Wildman–Crippen LogP) is 2.42. The van der Waals surface area contributed by atoms with Crippen molar-refractivity contribution in [1.82, 2.24) is 20.0 Å². The molecule has 0 unspecified atom stereocenters. The van der Waals surface area contributed by atoms with Crippen molar-refractivity contribution < 1.29 is 0 Å². The smallest absolute Gasteiger partial charge is 0.0518 e. The molecule has 1 fully saturated rings. The monoisotopic (exact) mass is 298 g/mol. The topological polar surface area (TPSA) is 33.1 Å². The summed E-state index contributed by atoms with van der Waals surface area (Å²) < 4.78 is 1.95. The third kappa shape index (κ3) is 3.96. The van der Waals surface area contributed by atoms with Gasteiger partial charge in [-0.15, -0.1) is 0 Å². The maximum atomic E-state index is 4.23. The van der Waals surface area contributed by atoms with Gasteiger partial charge in [-0.05, 0) is 24.0 Å². The summed E-state index contributed by atoms with van der Waals surface area (Å²) in [4.78, 5) is 2.57. The summed E-state index contributed by atoms with van der Waals surface area (Å²) in [6, 6.07) is 13.4. The van der Waals surface area contributed by atoms with Gasteiger partial charge in [0.25, 0.3) is 0 Å². The molecule has 4 nitrogen and oxygen atoms in total. The minimum atomic E-state index is 0.558. The fourth-order valence-electron chi connectivity index (χ4n) is 3.40. The van der Waals surface area contributed by atoms with Crippen molar-refractivity contribution in [2.45, 2.75) is 32.5 Å². The van der Waals surface area contributed by atoms with Crippen LogP contribution in [-0.4, -0.2) is 33.8 Å². The van der Waals surface area contributed by atoms with E-state index in [2.05, 4.69) is 58.6 Å². The highest BCUT2D eigenvalue weighted by molar-refractivity contribution is 5.14. The molecule has 1 aromatic heterocycles. The quantitative estimate of drug-likeness (QED) is 0.920. The molecule has 1 saturated heterocycles. The minimum Gasteiger partial charge on any atom is -0.307 e. The molecule has 0 aliphatic carbocycles. The largest absolute Gasteiger partial charge is 0.307 e. The molecule has 3 rings (SSSR count). The third-order valence-corrected chi connectivity index (χ3v) is 4.48. The number of piperidine rings is 1. The van der Waals surface area contributed by atoms with Crippen LogP contribution in [0.5, 0.6) is 0 Å². The molecular formula is C18H26N4. The molecule has 118 valence electrons. The number of hydrogen-bond acceptors (Lipinski definition) is 3. The molecule has 4 heteroatoms. The number of hydrogen-bond donors (Lipinski definition) is 1. The van der Waals surface area contributed by atoms with E-state index in [1.54, 1.807) is 0 Å². The van der Waals surface area contributed by atoms with Crippen molar-refractivity contribution in [3.63, 3.8) is 0 Å². The van der Waals surface area contributed by atoms with Gasteiger partial charge in [-0.2, -0.15) is 5.10 Å². The Bertz CT molecular complexity index is 578. The first-order valence-corrected chi connectivity index (χ1v) is 8.17. The maximum absolute atomic E-state index is 4.23. The van der Waals surface area contributed by atoms with Gasteiger partial charge in [-0.25, -0.2) is 0 Å². The van der Waals surface area contributed by atoms with E-state index in [4.69, 9.17) is 0 Å². The number of nitrogens with one attached hydrogen (secondary N) is 1. The number of aromatic nitrogens is 2. The first-order chi connectivity index (χ1) is 10.7. The predicted molar refractivity (Wildman–Crippen MR) is 89.3 cm³/mol. The summed E-state index contributed by atoms with van der Waals surface area (Å²) in [6.45, 7) is 6.62. The lowest BCUT2D eigenvalue weighted by atomic mass is 9.95. The number of likely N-dealkylation sites (tertiary alicyclic amines) is 1. The molecule has 0 radical (unpaired) electrons. The molecule has 2 heterocycles. The lowest BCUT2D eigenvalue weighted by molar-refractivity contribution is 0.141. The minimum absolute atomic E-state index is 0.558. The van der Waals surface area contributed by atoms with Crippen LogP contribution in [0.4, 0.5) is 0 Å². The van der Waals surface area contributed by atoms with E-state index >= 15 is 0 Å². The molecule has 1 aromatic carbocycles. The highest BCUT2D eigenvalue weighted by atomic mass is 15.3. The summed E-state index contributed by atoms with van der Waals surface area (Å²) in [5, 5.41) is 7.94. The van der Waals surface area contributed by atoms with Crippen molar-refractivity contribution in [2.75, 3.05) is 13.1 Å². The Morgan fingerprint density at radius 3 is 2.73 bits per heavy atom. The van der Waals surface area contributed by atoms with Gasteiger partial charge in [-0.1, -0.05) is 37.3 Å². The van der Waals surface area contributed by atoms with Gasteiger partial charge in [-0.3, -0.25) is 9.58 Å². The summed E-state index contributed by atoms with van der Waals surface area (Å²) in [7, 11) is 2.00. The van der Waals surface area contributed by atoms with Gasteiger partial charge in [0, 0.05) is 45.5 Å². The van der Waals surface area contributed by atoms with Crippen molar-refractivity contribution in [3.05, 3.63) is 53.9 Å². The standard InChI is InChI=1S/C18H26N4/c1-15-10-17(19-11-18-8-9-20-21(18)2)14-22(12-15)13-16-6-4-3-5-7-16/h3-9,15,17,19H,10-14H2,1-2H3/t15-,17+/m1/s1. The molecule has 1 aliphatic heterocycles. The number of benzene rings is 1.